The lowest BCUT2D eigenvalue weighted by molar-refractivity contribution is 0.0960. The van der Waals surface area contributed by atoms with Crippen LogP contribution in [-0.2, 0) is 6.54 Å². The zero-order valence-electron chi connectivity index (χ0n) is 14.3. The van der Waals surface area contributed by atoms with Gasteiger partial charge < -0.3 is 10.1 Å². The monoisotopic (exact) mass is 327 g/mol. The van der Waals surface area contributed by atoms with Crippen molar-refractivity contribution < 1.29 is 9.53 Å². The summed E-state index contributed by atoms with van der Waals surface area (Å²) in [6.07, 6.45) is 1.89. The van der Waals surface area contributed by atoms with E-state index in [-0.39, 0.29) is 5.56 Å². The fraction of sp³-hybridized carbons (Fsp3) is 0.278. The van der Waals surface area contributed by atoms with Gasteiger partial charge in [0.1, 0.15) is 11.3 Å². The van der Waals surface area contributed by atoms with Crippen molar-refractivity contribution in [2.45, 2.75) is 20.4 Å². The Morgan fingerprint density at radius 2 is 1.96 bits per heavy atom. The Balaban J connectivity index is 2.57. The molecule has 6 nitrogen and oxygen atoms in total. The average Bonchev–Trinajstić information content (AvgIpc) is 2.60. The van der Waals surface area contributed by atoms with E-state index < -0.39 is 11.5 Å². The van der Waals surface area contributed by atoms with Crippen molar-refractivity contribution in [3.8, 4) is 17.0 Å². The highest BCUT2D eigenvalue weighted by atomic mass is 16.5. The largest absolute Gasteiger partial charge is 0.497 e. The van der Waals surface area contributed by atoms with Gasteiger partial charge in [-0.15, -0.1) is 0 Å². The normalized spacial score (nSPS) is 10.2. The van der Waals surface area contributed by atoms with E-state index in [1.807, 2.05) is 44.2 Å². The van der Waals surface area contributed by atoms with Crippen LogP contribution in [0.15, 0.2) is 46.8 Å². The molecule has 24 heavy (non-hydrogen) atoms. The number of carbonyl (C=O) groups is 1. The number of nitrogens with zero attached hydrogens (tertiary/aromatic N) is 2. The van der Waals surface area contributed by atoms with E-state index in [0.29, 0.717) is 12.2 Å². The van der Waals surface area contributed by atoms with E-state index >= 15 is 0 Å². The molecule has 2 rings (SSSR count). The summed E-state index contributed by atoms with van der Waals surface area (Å²) >= 11 is 0. The molecule has 6 heteroatoms. The Morgan fingerprint density at radius 1 is 1.29 bits per heavy atom. The molecule has 0 bridgehead atoms. The highest BCUT2D eigenvalue weighted by Gasteiger charge is 2.15. The van der Waals surface area contributed by atoms with Crippen molar-refractivity contribution in [1.82, 2.24) is 15.1 Å². The molecule has 0 saturated heterocycles. The summed E-state index contributed by atoms with van der Waals surface area (Å²) in [6, 6.07) is 8.81. The summed E-state index contributed by atoms with van der Waals surface area (Å²) in [6.45, 7) is 4.20. The maximum atomic E-state index is 12.5. The number of aromatic nitrogens is 2. The van der Waals surface area contributed by atoms with Crippen LogP contribution in [0.3, 0.4) is 0 Å². The van der Waals surface area contributed by atoms with Crippen LogP contribution in [0.4, 0.5) is 0 Å². The van der Waals surface area contributed by atoms with E-state index in [9.17, 15) is 9.59 Å². The Hall–Kier alpha value is -2.89. The molecule has 0 unspecified atom stereocenters. The van der Waals surface area contributed by atoms with Gasteiger partial charge in [-0.05, 0) is 44.2 Å². The minimum Gasteiger partial charge on any atom is -0.497 e. The number of benzene rings is 1. The second-order valence-electron chi connectivity index (χ2n) is 5.52. The van der Waals surface area contributed by atoms with Crippen LogP contribution >= 0.6 is 0 Å². The summed E-state index contributed by atoms with van der Waals surface area (Å²) < 4.78 is 6.45. The van der Waals surface area contributed by atoms with Gasteiger partial charge in [0.05, 0.1) is 19.3 Å². The number of methoxy groups -OCH3 is 1. The summed E-state index contributed by atoms with van der Waals surface area (Å²) in [5, 5.41) is 6.88. The zero-order valence-corrected chi connectivity index (χ0v) is 14.3. The number of nitrogens with one attached hydrogen (secondary N) is 1. The molecule has 2 aromatic rings. The van der Waals surface area contributed by atoms with Gasteiger partial charge in [0.15, 0.2) is 0 Å². The third-order valence-corrected chi connectivity index (χ3v) is 3.50. The van der Waals surface area contributed by atoms with Crippen molar-refractivity contribution in [2.75, 3.05) is 14.2 Å². The molecule has 126 valence electrons. The lowest BCUT2D eigenvalue weighted by Gasteiger charge is -2.09. The van der Waals surface area contributed by atoms with Gasteiger partial charge in [-0.1, -0.05) is 11.6 Å². The van der Waals surface area contributed by atoms with Crippen LogP contribution in [0, 0.1) is 0 Å². The molecule has 0 radical (unpaired) electrons. The van der Waals surface area contributed by atoms with Crippen LogP contribution in [0.25, 0.3) is 11.3 Å². The van der Waals surface area contributed by atoms with Crippen molar-refractivity contribution in [3.05, 3.63) is 57.9 Å². The molecule has 0 atom stereocenters. The number of carbonyl (C=O) groups excluding carboxylic acids is 1. The summed E-state index contributed by atoms with van der Waals surface area (Å²) in [7, 11) is 3.09. The van der Waals surface area contributed by atoms with Gasteiger partial charge in [-0.3, -0.25) is 9.59 Å². The Labute approximate surface area is 140 Å². The van der Waals surface area contributed by atoms with Crippen molar-refractivity contribution in [1.29, 1.82) is 0 Å². The first-order valence-corrected chi connectivity index (χ1v) is 7.58. The zero-order chi connectivity index (χ0) is 17.7. The summed E-state index contributed by atoms with van der Waals surface area (Å²) in [5.74, 6) is 0.297. The molecule has 0 aliphatic rings. The second kappa shape index (κ2) is 7.59. The highest BCUT2D eigenvalue weighted by molar-refractivity contribution is 5.94. The predicted octanol–water partition coefficient (Wildman–Crippen LogP) is 2.24. The first-order chi connectivity index (χ1) is 11.5. The fourth-order valence-corrected chi connectivity index (χ4v) is 2.13. The van der Waals surface area contributed by atoms with E-state index in [4.69, 9.17) is 4.74 Å². The number of allylic oxidation sites excluding steroid dienone is 2. The topological polar surface area (TPSA) is 73.2 Å². The predicted molar refractivity (Wildman–Crippen MR) is 93.3 cm³/mol. The molecule has 1 heterocycles. The lowest BCUT2D eigenvalue weighted by Crippen LogP contribution is -2.33. The third-order valence-electron chi connectivity index (χ3n) is 3.50. The molecular formula is C18H21N3O3. The second-order valence-corrected chi connectivity index (χ2v) is 5.52. The standard InChI is InChI=1S/C18H21N3O3/c1-12(2)9-10-21-18(23)15(17(22)19-3)11-16(20-21)13-5-7-14(24-4)8-6-13/h5-9,11H,10H2,1-4H3,(H,19,22). The number of hydrogen-bond donors (Lipinski definition) is 1. The minimum absolute atomic E-state index is 0.0699. The van der Waals surface area contributed by atoms with E-state index in [2.05, 4.69) is 10.4 Å². The van der Waals surface area contributed by atoms with Crippen LogP contribution in [0.5, 0.6) is 5.75 Å². The van der Waals surface area contributed by atoms with Crippen LogP contribution in [-0.4, -0.2) is 29.8 Å². The summed E-state index contributed by atoms with van der Waals surface area (Å²) in [5.41, 5.74) is 2.08. The maximum Gasteiger partial charge on any atom is 0.279 e. The molecular weight excluding hydrogens is 306 g/mol. The summed E-state index contributed by atoms with van der Waals surface area (Å²) in [4.78, 5) is 24.5. The maximum absolute atomic E-state index is 12.5. The Kier molecular flexibility index (Phi) is 5.52. The van der Waals surface area contributed by atoms with Crippen LogP contribution < -0.4 is 15.6 Å². The molecule has 1 N–H and O–H groups in total. The molecule has 0 aliphatic heterocycles. The molecule has 0 spiro atoms. The van der Waals surface area contributed by atoms with Gasteiger partial charge in [-0.25, -0.2) is 4.68 Å². The van der Waals surface area contributed by atoms with E-state index in [1.54, 1.807) is 7.11 Å². The quantitative estimate of drug-likeness (QED) is 0.855. The van der Waals surface area contributed by atoms with Gasteiger partial charge in [0.2, 0.25) is 0 Å². The number of amides is 1. The van der Waals surface area contributed by atoms with Gasteiger partial charge in [0, 0.05) is 12.6 Å². The molecule has 1 amide bonds. The third kappa shape index (κ3) is 3.90. The number of ether oxygens (including phenoxy) is 1. The number of hydrogen-bond acceptors (Lipinski definition) is 4. The Bertz CT molecular complexity index is 816. The SMILES string of the molecule is CNC(=O)c1cc(-c2ccc(OC)cc2)nn(CC=C(C)C)c1=O. The molecule has 0 saturated carbocycles. The molecule has 1 aromatic carbocycles. The van der Waals surface area contributed by atoms with Crippen LogP contribution in [0.1, 0.15) is 24.2 Å². The van der Waals surface area contributed by atoms with Crippen molar-refractivity contribution in [2.24, 2.45) is 0 Å². The first kappa shape index (κ1) is 17.5. The smallest absolute Gasteiger partial charge is 0.279 e. The molecule has 0 aliphatic carbocycles. The molecule has 0 fully saturated rings. The van der Waals surface area contributed by atoms with Crippen molar-refractivity contribution in [3.63, 3.8) is 0 Å². The minimum atomic E-state index is -0.428. The molecule has 1 aromatic heterocycles. The van der Waals surface area contributed by atoms with Gasteiger partial charge in [-0.2, -0.15) is 5.10 Å². The Morgan fingerprint density at radius 3 is 2.50 bits per heavy atom. The highest BCUT2D eigenvalue weighted by Crippen LogP contribution is 2.20. The first-order valence-electron chi connectivity index (χ1n) is 7.58. The number of rotatable bonds is 5. The van der Waals surface area contributed by atoms with Gasteiger partial charge in [0.25, 0.3) is 11.5 Å². The van der Waals surface area contributed by atoms with Crippen LogP contribution in [0.2, 0.25) is 0 Å². The average molecular weight is 327 g/mol. The lowest BCUT2D eigenvalue weighted by atomic mass is 10.1. The van der Waals surface area contributed by atoms with Gasteiger partial charge >= 0.3 is 0 Å². The van der Waals surface area contributed by atoms with E-state index in [0.717, 1.165) is 16.9 Å². The van der Waals surface area contributed by atoms with E-state index in [1.165, 1.54) is 17.8 Å². The fourth-order valence-electron chi connectivity index (χ4n) is 2.13. The van der Waals surface area contributed by atoms with Crippen molar-refractivity contribution >= 4 is 5.91 Å².